The summed E-state index contributed by atoms with van der Waals surface area (Å²) in [5.41, 5.74) is 4.09. The van der Waals surface area contributed by atoms with E-state index in [4.69, 9.17) is 4.74 Å². The van der Waals surface area contributed by atoms with Crippen LogP contribution in [0.1, 0.15) is 18.5 Å². The van der Waals surface area contributed by atoms with E-state index in [1.165, 1.54) is 0 Å². The standard InChI is InChI=1S/C16H18N4O2/c1-22-13-6-7-14-11(9-13)4-5-12(19-14)10-18-20-16(21)15-3-2-8-17-15/h4-7,9-10,15,17H,2-3,8H2,1H3,(H,20,21)/b18-10-/t15-/m0/s1. The molecule has 0 unspecified atom stereocenters. The number of hydrogen-bond acceptors (Lipinski definition) is 5. The van der Waals surface area contributed by atoms with E-state index >= 15 is 0 Å². The molecule has 1 aromatic carbocycles. The molecule has 2 heterocycles. The number of fused-ring (bicyclic) bond motifs is 1. The van der Waals surface area contributed by atoms with E-state index in [0.717, 1.165) is 36.0 Å². The van der Waals surface area contributed by atoms with Crippen molar-refractivity contribution in [1.29, 1.82) is 0 Å². The maximum atomic E-state index is 11.8. The molecule has 22 heavy (non-hydrogen) atoms. The topological polar surface area (TPSA) is 75.6 Å². The summed E-state index contributed by atoms with van der Waals surface area (Å²) >= 11 is 0. The lowest BCUT2D eigenvalue weighted by atomic mass is 10.2. The molecule has 3 rings (SSSR count). The number of hydrazone groups is 1. The minimum absolute atomic E-state index is 0.0979. The minimum Gasteiger partial charge on any atom is -0.497 e. The summed E-state index contributed by atoms with van der Waals surface area (Å²) in [6, 6.07) is 9.36. The summed E-state index contributed by atoms with van der Waals surface area (Å²) in [7, 11) is 1.64. The molecule has 6 nitrogen and oxygen atoms in total. The van der Waals surface area contributed by atoms with Crippen LogP contribution < -0.4 is 15.5 Å². The zero-order chi connectivity index (χ0) is 15.4. The predicted molar refractivity (Wildman–Crippen MR) is 85.1 cm³/mol. The number of carbonyl (C=O) groups is 1. The molecule has 2 N–H and O–H groups in total. The van der Waals surface area contributed by atoms with Gasteiger partial charge in [0.1, 0.15) is 5.75 Å². The summed E-state index contributed by atoms with van der Waals surface area (Å²) < 4.78 is 5.18. The molecule has 1 aromatic heterocycles. The molecule has 0 spiro atoms. The number of rotatable bonds is 4. The summed E-state index contributed by atoms with van der Waals surface area (Å²) in [6.45, 7) is 0.886. The van der Waals surface area contributed by atoms with Crippen LogP contribution in [0.2, 0.25) is 0 Å². The summed E-state index contributed by atoms with van der Waals surface area (Å²) in [6.07, 6.45) is 3.44. The van der Waals surface area contributed by atoms with Gasteiger partial charge < -0.3 is 10.1 Å². The van der Waals surface area contributed by atoms with Crippen molar-refractivity contribution in [3.8, 4) is 5.75 Å². The van der Waals surface area contributed by atoms with E-state index in [-0.39, 0.29) is 11.9 Å². The third-order valence-corrected chi connectivity index (χ3v) is 3.67. The monoisotopic (exact) mass is 298 g/mol. The molecule has 1 atom stereocenters. The first-order valence-corrected chi connectivity index (χ1v) is 7.27. The van der Waals surface area contributed by atoms with Crippen LogP contribution in [0.5, 0.6) is 5.75 Å². The predicted octanol–water partition coefficient (Wildman–Crippen LogP) is 1.45. The lowest BCUT2D eigenvalue weighted by Gasteiger charge is -2.06. The summed E-state index contributed by atoms with van der Waals surface area (Å²) in [4.78, 5) is 16.3. The van der Waals surface area contributed by atoms with Gasteiger partial charge in [-0.15, -0.1) is 0 Å². The van der Waals surface area contributed by atoms with E-state index in [1.54, 1.807) is 13.3 Å². The Morgan fingerprint density at radius 1 is 1.45 bits per heavy atom. The van der Waals surface area contributed by atoms with Crippen LogP contribution >= 0.6 is 0 Å². The average molecular weight is 298 g/mol. The second kappa shape index (κ2) is 6.53. The van der Waals surface area contributed by atoms with Gasteiger partial charge in [0, 0.05) is 5.39 Å². The maximum absolute atomic E-state index is 11.8. The van der Waals surface area contributed by atoms with Crippen molar-refractivity contribution < 1.29 is 9.53 Å². The lowest BCUT2D eigenvalue weighted by molar-refractivity contribution is -0.122. The molecular formula is C16H18N4O2. The maximum Gasteiger partial charge on any atom is 0.257 e. The van der Waals surface area contributed by atoms with Gasteiger partial charge in [0.25, 0.3) is 5.91 Å². The fourth-order valence-corrected chi connectivity index (χ4v) is 2.47. The third kappa shape index (κ3) is 3.23. The van der Waals surface area contributed by atoms with E-state index in [0.29, 0.717) is 5.69 Å². The quantitative estimate of drug-likeness (QED) is 0.661. The van der Waals surface area contributed by atoms with Crippen LogP contribution in [0.15, 0.2) is 35.4 Å². The Balaban J connectivity index is 1.68. The third-order valence-electron chi connectivity index (χ3n) is 3.67. The molecule has 1 saturated heterocycles. The zero-order valence-electron chi connectivity index (χ0n) is 12.4. The van der Waals surface area contributed by atoms with Crippen molar-refractivity contribution in [2.45, 2.75) is 18.9 Å². The number of nitrogens with one attached hydrogen (secondary N) is 2. The molecule has 0 radical (unpaired) electrons. The Hall–Kier alpha value is -2.47. The van der Waals surface area contributed by atoms with Crippen molar-refractivity contribution in [3.63, 3.8) is 0 Å². The Bertz CT molecular complexity index is 708. The SMILES string of the molecule is COc1ccc2nc(/C=N\NC(=O)[C@@H]3CCCN3)ccc2c1. The highest BCUT2D eigenvalue weighted by Gasteiger charge is 2.21. The number of methoxy groups -OCH3 is 1. The van der Waals surface area contributed by atoms with Gasteiger partial charge in [0.2, 0.25) is 0 Å². The van der Waals surface area contributed by atoms with Crippen LogP contribution in [-0.4, -0.2) is 36.8 Å². The Morgan fingerprint density at radius 2 is 2.36 bits per heavy atom. The molecule has 1 fully saturated rings. The van der Waals surface area contributed by atoms with Gasteiger partial charge >= 0.3 is 0 Å². The average Bonchev–Trinajstić information content (AvgIpc) is 3.08. The zero-order valence-corrected chi connectivity index (χ0v) is 12.4. The molecule has 6 heteroatoms. The number of aromatic nitrogens is 1. The normalized spacial score (nSPS) is 18.0. The Labute approximate surface area is 128 Å². The van der Waals surface area contributed by atoms with Crippen molar-refractivity contribution in [3.05, 3.63) is 36.0 Å². The van der Waals surface area contributed by atoms with Crippen molar-refractivity contribution in [2.75, 3.05) is 13.7 Å². The highest BCUT2D eigenvalue weighted by atomic mass is 16.5. The minimum atomic E-state index is -0.130. The smallest absolute Gasteiger partial charge is 0.257 e. The van der Waals surface area contributed by atoms with Gasteiger partial charge in [0.05, 0.1) is 30.6 Å². The lowest BCUT2D eigenvalue weighted by Crippen LogP contribution is -2.38. The second-order valence-corrected chi connectivity index (χ2v) is 5.18. The first-order chi connectivity index (χ1) is 10.8. The fourth-order valence-electron chi connectivity index (χ4n) is 2.47. The van der Waals surface area contributed by atoms with Crippen LogP contribution in [0.4, 0.5) is 0 Å². The number of pyridine rings is 1. The Kier molecular flexibility index (Phi) is 4.29. The second-order valence-electron chi connectivity index (χ2n) is 5.18. The van der Waals surface area contributed by atoms with Gasteiger partial charge in [-0.3, -0.25) is 4.79 Å². The van der Waals surface area contributed by atoms with E-state index in [1.807, 2.05) is 30.3 Å². The van der Waals surface area contributed by atoms with Crippen molar-refractivity contribution in [1.82, 2.24) is 15.7 Å². The molecule has 1 amide bonds. The van der Waals surface area contributed by atoms with Gasteiger partial charge in [-0.05, 0) is 43.7 Å². The first kappa shape index (κ1) is 14.5. The van der Waals surface area contributed by atoms with Crippen LogP contribution in [-0.2, 0) is 4.79 Å². The van der Waals surface area contributed by atoms with Gasteiger partial charge in [-0.1, -0.05) is 6.07 Å². The number of hydrogen-bond donors (Lipinski definition) is 2. The largest absolute Gasteiger partial charge is 0.497 e. The van der Waals surface area contributed by atoms with Crippen molar-refractivity contribution >= 4 is 23.0 Å². The van der Waals surface area contributed by atoms with Crippen molar-refractivity contribution in [2.24, 2.45) is 5.10 Å². The number of carbonyl (C=O) groups excluding carboxylic acids is 1. The molecule has 0 bridgehead atoms. The van der Waals surface area contributed by atoms with Gasteiger partial charge in [0.15, 0.2) is 0 Å². The highest BCUT2D eigenvalue weighted by molar-refractivity contribution is 5.87. The number of amides is 1. The molecule has 0 aliphatic carbocycles. The number of benzene rings is 1. The summed E-state index contributed by atoms with van der Waals surface area (Å²) in [5, 5.41) is 8.10. The molecule has 0 saturated carbocycles. The highest BCUT2D eigenvalue weighted by Crippen LogP contribution is 2.19. The molecule has 114 valence electrons. The fraction of sp³-hybridized carbons (Fsp3) is 0.312. The molecule has 1 aliphatic rings. The van der Waals surface area contributed by atoms with Crippen LogP contribution in [0.25, 0.3) is 10.9 Å². The van der Waals surface area contributed by atoms with E-state index < -0.39 is 0 Å². The number of ether oxygens (including phenoxy) is 1. The molecule has 1 aliphatic heterocycles. The van der Waals surface area contributed by atoms with Gasteiger partial charge in [-0.2, -0.15) is 5.10 Å². The molecular weight excluding hydrogens is 280 g/mol. The summed E-state index contributed by atoms with van der Waals surface area (Å²) in [5.74, 6) is 0.700. The van der Waals surface area contributed by atoms with Crippen LogP contribution in [0.3, 0.4) is 0 Å². The van der Waals surface area contributed by atoms with E-state index in [9.17, 15) is 4.79 Å². The van der Waals surface area contributed by atoms with E-state index in [2.05, 4.69) is 20.8 Å². The van der Waals surface area contributed by atoms with Crippen LogP contribution in [0, 0.1) is 0 Å². The van der Waals surface area contributed by atoms with Gasteiger partial charge in [-0.25, -0.2) is 10.4 Å². The number of nitrogens with zero attached hydrogens (tertiary/aromatic N) is 2. The molecule has 2 aromatic rings. The Morgan fingerprint density at radius 3 is 3.14 bits per heavy atom. The first-order valence-electron chi connectivity index (χ1n) is 7.27.